The van der Waals surface area contributed by atoms with E-state index in [0.717, 1.165) is 5.56 Å². The Kier molecular flexibility index (Phi) is 6.49. The van der Waals surface area contributed by atoms with E-state index in [9.17, 15) is 9.59 Å². The number of nitrogen functional groups attached to an aromatic ring is 1. The van der Waals surface area contributed by atoms with Crippen LogP contribution in [0.1, 0.15) is 26.4 Å². The Labute approximate surface area is 168 Å². The predicted molar refractivity (Wildman–Crippen MR) is 111 cm³/mol. The summed E-state index contributed by atoms with van der Waals surface area (Å²) in [6.07, 6.45) is 1.47. The van der Waals surface area contributed by atoms with Crippen LogP contribution in [0.2, 0.25) is 0 Å². The number of hydrogen-bond donors (Lipinski definition) is 4. The molecular weight excluding hydrogens is 368 g/mol. The van der Waals surface area contributed by atoms with Gasteiger partial charge in [0.15, 0.2) is 11.5 Å². The molecule has 1 heterocycles. The van der Waals surface area contributed by atoms with Gasteiger partial charge in [0.05, 0.1) is 11.9 Å². The number of anilines is 1. The van der Waals surface area contributed by atoms with Crippen LogP contribution < -0.4 is 22.1 Å². The van der Waals surface area contributed by atoms with Gasteiger partial charge in [-0.3, -0.25) is 9.59 Å². The Balaban J connectivity index is 1.78. The van der Waals surface area contributed by atoms with Crippen LogP contribution in [0.3, 0.4) is 0 Å². The summed E-state index contributed by atoms with van der Waals surface area (Å²) in [5.74, 6) is -0.626. The van der Waals surface area contributed by atoms with Crippen molar-refractivity contribution in [1.82, 2.24) is 20.6 Å². The summed E-state index contributed by atoms with van der Waals surface area (Å²) < 4.78 is 0. The molecule has 2 aromatic carbocycles. The normalized spacial score (nSPS) is 10.4. The molecule has 6 N–H and O–H groups in total. The molecule has 1 aromatic heterocycles. The molecule has 148 valence electrons. The molecule has 0 saturated heterocycles. The molecule has 2 amide bonds. The van der Waals surface area contributed by atoms with Crippen LogP contribution >= 0.6 is 0 Å². The molecule has 8 heteroatoms. The lowest BCUT2D eigenvalue weighted by Gasteiger charge is -2.09. The first-order chi connectivity index (χ1) is 14.1. The quantitative estimate of drug-likeness (QED) is 0.481. The van der Waals surface area contributed by atoms with Gasteiger partial charge in [0.25, 0.3) is 11.8 Å². The largest absolute Gasteiger partial charge is 0.382 e. The molecule has 0 saturated carbocycles. The van der Waals surface area contributed by atoms with E-state index >= 15 is 0 Å². The van der Waals surface area contributed by atoms with Gasteiger partial charge in [-0.15, -0.1) is 0 Å². The maximum atomic E-state index is 12.5. The zero-order valence-corrected chi connectivity index (χ0v) is 15.8. The van der Waals surface area contributed by atoms with Crippen LogP contribution in [0, 0.1) is 0 Å². The van der Waals surface area contributed by atoms with Crippen molar-refractivity contribution >= 4 is 17.6 Å². The number of nitrogens with two attached hydrogens (primary N) is 2. The van der Waals surface area contributed by atoms with Crippen LogP contribution in [0.4, 0.5) is 5.82 Å². The highest BCUT2D eigenvalue weighted by atomic mass is 16.2. The summed E-state index contributed by atoms with van der Waals surface area (Å²) in [4.78, 5) is 33.1. The maximum absolute atomic E-state index is 12.5. The van der Waals surface area contributed by atoms with Crippen LogP contribution in [0.15, 0.2) is 60.8 Å². The second-order valence-electron chi connectivity index (χ2n) is 6.28. The fourth-order valence-corrected chi connectivity index (χ4v) is 2.67. The van der Waals surface area contributed by atoms with Gasteiger partial charge in [-0.05, 0) is 17.7 Å². The molecule has 0 atom stereocenters. The molecule has 0 unspecified atom stereocenters. The molecule has 3 aromatic rings. The van der Waals surface area contributed by atoms with Crippen LogP contribution in [-0.4, -0.2) is 34.9 Å². The summed E-state index contributed by atoms with van der Waals surface area (Å²) in [7, 11) is 0. The van der Waals surface area contributed by atoms with E-state index in [1.807, 2.05) is 30.3 Å². The van der Waals surface area contributed by atoms with E-state index in [2.05, 4.69) is 20.6 Å². The zero-order valence-electron chi connectivity index (χ0n) is 15.8. The zero-order chi connectivity index (χ0) is 20.6. The van der Waals surface area contributed by atoms with E-state index in [-0.39, 0.29) is 17.4 Å². The molecule has 0 radical (unpaired) electrons. The molecule has 0 fully saturated rings. The van der Waals surface area contributed by atoms with Gasteiger partial charge in [0, 0.05) is 30.8 Å². The summed E-state index contributed by atoms with van der Waals surface area (Å²) in [6.45, 7) is 1.04. The highest BCUT2D eigenvalue weighted by Crippen LogP contribution is 2.20. The van der Waals surface area contributed by atoms with Gasteiger partial charge >= 0.3 is 0 Å². The number of hydrogen-bond acceptors (Lipinski definition) is 6. The summed E-state index contributed by atoms with van der Waals surface area (Å²) in [5, 5.41) is 5.50. The number of nitrogens with one attached hydrogen (secondary N) is 2. The third kappa shape index (κ3) is 5.14. The van der Waals surface area contributed by atoms with E-state index in [1.54, 1.807) is 24.3 Å². The fourth-order valence-electron chi connectivity index (χ4n) is 2.67. The number of carbonyl (C=O) groups excluding carboxylic acids is 2. The molecule has 0 bridgehead atoms. The summed E-state index contributed by atoms with van der Waals surface area (Å²) in [5.41, 5.74) is 13.8. The van der Waals surface area contributed by atoms with Crippen molar-refractivity contribution in [2.75, 3.05) is 18.8 Å². The minimum absolute atomic E-state index is 0.0230. The van der Waals surface area contributed by atoms with Gasteiger partial charge in [-0.2, -0.15) is 0 Å². The Hall–Kier alpha value is -3.78. The average molecular weight is 390 g/mol. The van der Waals surface area contributed by atoms with Crippen molar-refractivity contribution < 1.29 is 9.59 Å². The molecule has 0 aliphatic heterocycles. The lowest BCUT2D eigenvalue weighted by molar-refractivity contribution is 0.0942. The second-order valence-corrected chi connectivity index (χ2v) is 6.28. The van der Waals surface area contributed by atoms with Crippen LogP contribution in [-0.2, 0) is 6.54 Å². The Morgan fingerprint density at radius 1 is 0.966 bits per heavy atom. The number of nitrogens with zero attached hydrogens (tertiary/aromatic N) is 2. The minimum Gasteiger partial charge on any atom is -0.382 e. The van der Waals surface area contributed by atoms with Crippen molar-refractivity contribution in [3.05, 3.63) is 77.6 Å². The third-order valence-corrected chi connectivity index (χ3v) is 4.16. The molecule has 3 rings (SSSR count). The maximum Gasteiger partial charge on any atom is 0.273 e. The fraction of sp³-hybridized carbons (Fsp3) is 0.143. The highest BCUT2D eigenvalue weighted by molar-refractivity contribution is 5.97. The predicted octanol–water partition coefficient (Wildman–Crippen LogP) is 1.34. The first-order valence-electron chi connectivity index (χ1n) is 9.12. The SMILES string of the molecule is NCCNC(=O)c1nc(-c2cccc(C(=O)NCc3ccccc3)c2)cnc1N. The Morgan fingerprint density at radius 2 is 1.76 bits per heavy atom. The van der Waals surface area contributed by atoms with Crippen molar-refractivity contribution in [3.63, 3.8) is 0 Å². The van der Waals surface area contributed by atoms with Crippen molar-refractivity contribution in [2.24, 2.45) is 5.73 Å². The van der Waals surface area contributed by atoms with E-state index < -0.39 is 5.91 Å². The number of carbonyl (C=O) groups is 2. The third-order valence-electron chi connectivity index (χ3n) is 4.16. The van der Waals surface area contributed by atoms with Crippen molar-refractivity contribution in [3.8, 4) is 11.3 Å². The first-order valence-corrected chi connectivity index (χ1v) is 9.12. The Morgan fingerprint density at radius 3 is 2.52 bits per heavy atom. The molecular formula is C21H22N6O2. The summed E-state index contributed by atoms with van der Waals surface area (Å²) >= 11 is 0. The van der Waals surface area contributed by atoms with E-state index in [1.165, 1.54) is 6.20 Å². The topological polar surface area (TPSA) is 136 Å². The minimum atomic E-state index is -0.445. The van der Waals surface area contributed by atoms with Crippen LogP contribution in [0.5, 0.6) is 0 Å². The number of amides is 2. The number of rotatable bonds is 7. The molecule has 0 aliphatic carbocycles. The smallest absolute Gasteiger partial charge is 0.273 e. The number of aromatic nitrogens is 2. The highest BCUT2D eigenvalue weighted by Gasteiger charge is 2.15. The molecule has 29 heavy (non-hydrogen) atoms. The Bertz CT molecular complexity index is 1010. The van der Waals surface area contributed by atoms with Gasteiger partial charge in [-0.25, -0.2) is 9.97 Å². The van der Waals surface area contributed by atoms with E-state index in [0.29, 0.717) is 36.5 Å². The lowest BCUT2D eigenvalue weighted by atomic mass is 10.1. The van der Waals surface area contributed by atoms with Crippen LogP contribution in [0.25, 0.3) is 11.3 Å². The van der Waals surface area contributed by atoms with Gasteiger partial charge in [0.1, 0.15) is 0 Å². The van der Waals surface area contributed by atoms with E-state index in [4.69, 9.17) is 11.5 Å². The van der Waals surface area contributed by atoms with Crippen molar-refractivity contribution in [2.45, 2.75) is 6.54 Å². The molecule has 0 aliphatic rings. The lowest BCUT2D eigenvalue weighted by Crippen LogP contribution is -2.30. The average Bonchev–Trinajstić information content (AvgIpc) is 2.77. The van der Waals surface area contributed by atoms with Gasteiger partial charge < -0.3 is 22.1 Å². The second kappa shape index (κ2) is 9.43. The standard InChI is InChI=1S/C21H22N6O2/c22-9-10-24-21(29)18-19(23)25-13-17(27-18)15-7-4-8-16(11-15)20(28)26-12-14-5-2-1-3-6-14/h1-8,11,13H,9-10,12,22H2,(H2,23,25)(H,24,29)(H,26,28). The van der Waals surface area contributed by atoms with Crippen molar-refractivity contribution in [1.29, 1.82) is 0 Å². The monoisotopic (exact) mass is 390 g/mol. The molecule has 0 spiro atoms. The molecule has 8 nitrogen and oxygen atoms in total. The van der Waals surface area contributed by atoms with Gasteiger partial charge in [0.2, 0.25) is 0 Å². The van der Waals surface area contributed by atoms with Gasteiger partial charge in [-0.1, -0.05) is 42.5 Å². The number of benzene rings is 2. The summed E-state index contributed by atoms with van der Waals surface area (Å²) in [6, 6.07) is 16.6. The first kappa shape index (κ1) is 20.0.